The molecule has 166 valence electrons. The van der Waals surface area contributed by atoms with Gasteiger partial charge in [-0.25, -0.2) is 4.79 Å². The number of benzene rings is 1. The van der Waals surface area contributed by atoms with Gasteiger partial charge in [0.15, 0.2) is 5.06 Å². The first kappa shape index (κ1) is 23.3. The first-order chi connectivity index (χ1) is 14.7. The molecule has 3 amide bonds. The van der Waals surface area contributed by atoms with Gasteiger partial charge in [0.1, 0.15) is 5.54 Å². The van der Waals surface area contributed by atoms with Gasteiger partial charge in [-0.05, 0) is 91.9 Å². The maximum atomic E-state index is 12.8. The Kier molecular flexibility index (Phi) is 7.38. The lowest BCUT2D eigenvalue weighted by atomic mass is 10.0. The molecule has 0 atom stereocenters. The van der Waals surface area contributed by atoms with Gasteiger partial charge in [-0.2, -0.15) is 0 Å². The molecule has 2 aromatic rings. The Morgan fingerprint density at radius 2 is 1.81 bits per heavy atom. The van der Waals surface area contributed by atoms with Crippen molar-refractivity contribution in [3.05, 3.63) is 45.2 Å². The third-order valence-electron chi connectivity index (χ3n) is 5.08. The van der Waals surface area contributed by atoms with Crippen LogP contribution in [0.1, 0.15) is 49.0 Å². The molecule has 0 saturated carbocycles. The molecular weight excluding hydrogens is 482 g/mol. The number of carbonyl (C=O) groups excluding carboxylic acids is 3. The third kappa shape index (κ3) is 6.07. The molecule has 0 bridgehead atoms. The van der Waals surface area contributed by atoms with Crippen LogP contribution in [-0.4, -0.2) is 41.4 Å². The van der Waals surface area contributed by atoms with Gasteiger partial charge in [-0.1, -0.05) is 11.3 Å². The van der Waals surface area contributed by atoms with Crippen LogP contribution < -0.4 is 15.4 Å². The highest BCUT2D eigenvalue weighted by atomic mass is 79.9. The van der Waals surface area contributed by atoms with E-state index in [1.54, 1.807) is 44.2 Å². The van der Waals surface area contributed by atoms with Crippen molar-refractivity contribution in [3.63, 3.8) is 0 Å². The molecule has 1 fully saturated rings. The average Bonchev–Trinajstić information content (AvgIpc) is 3.12. The van der Waals surface area contributed by atoms with Crippen molar-refractivity contribution in [2.45, 2.75) is 45.6 Å². The Balaban J connectivity index is 1.61. The van der Waals surface area contributed by atoms with E-state index < -0.39 is 17.5 Å². The van der Waals surface area contributed by atoms with Crippen molar-refractivity contribution < 1.29 is 19.1 Å². The highest BCUT2D eigenvalue weighted by Crippen LogP contribution is 2.29. The number of aryl methyl sites for hydroxylation is 1. The number of thiophene rings is 1. The predicted molar refractivity (Wildman–Crippen MR) is 125 cm³/mol. The van der Waals surface area contributed by atoms with Crippen molar-refractivity contribution in [2.75, 3.05) is 18.4 Å². The number of nitrogens with zero attached hydrogens (tertiary/aromatic N) is 1. The molecule has 9 heteroatoms. The van der Waals surface area contributed by atoms with E-state index in [0.29, 0.717) is 16.3 Å². The summed E-state index contributed by atoms with van der Waals surface area (Å²) in [5, 5.41) is 5.80. The Hall–Kier alpha value is -2.39. The summed E-state index contributed by atoms with van der Waals surface area (Å²) in [6.45, 7) is 6.61. The topological polar surface area (TPSA) is 87.7 Å². The molecule has 1 aromatic carbocycles. The van der Waals surface area contributed by atoms with E-state index in [4.69, 9.17) is 4.74 Å². The number of piperidine rings is 1. The lowest BCUT2D eigenvalue weighted by Gasteiger charge is -2.27. The molecule has 1 saturated heterocycles. The molecule has 1 aliphatic rings. The second-order valence-electron chi connectivity index (χ2n) is 8.03. The van der Waals surface area contributed by atoms with Crippen molar-refractivity contribution in [3.8, 4) is 5.06 Å². The van der Waals surface area contributed by atoms with Crippen LogP contribution in [0.2, 0.25) is 0 Å². The predicted octanol–water partition coefficient (Wildman–Crippen LogP) is 4.95. The number of amides is 3. The number of halogens is 1. The molecule has 0 radical (unpaired) electrons. The minimum absolute atomic E-state index is 0.0278. The van der Waals surface area contributed by atoms with Gasteiger partial charge in [0, 0.05) is 24.3 Å². The van der Waals surface area contributed by atoms with Crippen LogP contribution in [0.15, 0.2) is 34.1 Å². The number of rotatable bonds is 5. The van der Waals surface area contributed by atoms with E-state index in [1.165, 1.54) is 11.3 Å². The van der Waals surface area contributed by atoms with Gasteiger partial charge in [-0.3, -0.25) is 9.59 Å². The van der Waals surface area contributed by atoms with Gasteiger partial charge >= 0.3 is 6.09 Å². The van der Waals surface area contributed by atoms with E-state index in [9.17, 15) is 14.4 Å². The summed E-state index contributed by atoms with van der Waals surface area (Å²) in [5.41, 5.74) is 0.787. The van der Waals surface area contributed by atoms with E-state index in [-0.39, 0.29) is 5.91 Å². The Morgan fingerprint density at radius 1 is 1.10 bits per heavy atom. The van der Waals surface area contributed by atoms with E-state index in [2.05, 4.69) is 26.6 Å². The number of ether oxygens (including phenoxy) is 1. The molecular formula is C22H26BrN3O4S. The molecule has 2 N–H and O–H groups in total. The number of hydrogen-bond donors (Lipinski definition) is 2. The first-order valence-electron chi connectivity index (χ1n) is 10.1. The summed E-state index contributed by atoms with van der Waals surface area (Å²) in [6, 6.07) is 8.65. The Labute approximate surface area is 194 Å². The summed E-state index contributed by atoms with van der Waals surface area (Å²) in [4.78, 5) is 39.5. The molecule has 0 unspecified atom stereocenters. The van der Waals surface area contributed by atoms with E-state index >= 15 is 0 Å². The molecule has 3 rings (SSSR count). The minimum Gasteiger partial charge on any atom is -0.399 e. The average molecular weight is 508 g/mol. The fraction of sp³-hybridized carbons (Fsp3) is 0.409. The van der Waals surface area contributed by atoms with E-state index in [0.717, 1.165) is 41.7 Å². The maximum absolute atomic E-state index is 12.8. The number of likely N-dealkylation sites (tertiary alicyclic amines) is 1. The quantitative estimate of drug-likeness (QED) is 0.599. The lowest BCUT2D eigenvalue weighted by molar-refractivity contribution is -0.121. The van der Waals surface area contributed by atoms with Gasteiger partial charge in [0.2, 0.25) is 5.91 Å². The number of nitrogens with one attached hydrogen (secondary N) is 2. The van der Waals surface area contributed by atoms with Crippen LogP contribution in [0.3, 0.4) is 0 Å². The standard InChI is InChI=1S/C22H26BrN3O4S/c1-14-13-15(7-8-16(14)19(27)26-11-5-4-6-12-26)24-20(28)22(2,3)25-21(29)30-18-10-9-17(23)31-18/h7-10,13H,4-6,11-12H2,1-3H3,(H,24,28)(H,25,29). The van der Waals surface area contributed by atoms with E-state index in [1.807, 2.05) is 11.8 Å². The molecule has 2 heterocycles. The third-order valence-corrected chi connectivity index (χ3v) is 6.58. The van der Waals surface area contributed by atoms with Crippen LogP contribution >= 0.6 is 27.3 Å². The Morgan fingerprint density at radius 3 is 2.42 bits per heavy atom. The second kappa shape index (κ2) is 9.82. The SMILES string of the molecule is Cc1cc(NC(=O)C(C)(C)NC(=O)Oc2ccc(Br)s2)ccc1C(=O)N1CCCCC1. The van der Waals surface area contributed by atoms with Crippen LogP contribution in [0, 0.1) is 6.92 Å². The highest BCUT2D eigenvalue weighted by molar-refractivity contribution is 9.11. The molecule has 0 aliphatic carbocycles. The summed E-state index contributed by atoms with van der Waals surface area (Å²) >= 11 is 4.58. The fourth-order valence-electron chi connectivity index (χ4n) is 3.32. The molecule has 0 spiro atoms. The molecule has 1 aromatic heterocycles. The van der Waals surface area contributed by atoms with Gasteiger partial charge in [0.25, 0.3) is 5.91 Å². The number of carbonyl (C=O) groups is 3. The van der Waals surface area contributed by atoms with Crippen LogP contribution in [0.4, 0.5) is 10.5 Å². The van der Waals surface area contributed by atoms with Gasteiger partial charge in [0.05, 0.1) is 3.79 Å². The van der Waals surface area contributed by atoms with Crippen LogP contribution in [0.5, 0.6) is 5.06 Å². The zero-order valence-electron chi connectivity index (χ0n) is 17.8. The normalized spacial score (nSPS) is 14.1. The summed E-state index contributed by atoms with van der Waals surface area (Å²) < 4.78 is 6.04. The van der Waals surface area contributed by atoms with Crippen LogP contribution in [-0.2, 0) is 4.79 Å². The van der Waals surface area contributed by atoms with Crippen LogP contribution in [0.25, 0.3) is 0 Å². The molecule has 1 aliphatic heterocycles. The second-order valence-corrected chi connectivity index (χ2v) is 10.5. The largest absolute Gasteiger partial charge is 0.414 e. The highest BCUT2D eigenvalue weighted by Gasteiger charge is 2.31. The number of anilines is 1. The molecule has 7 nitrogen and oxygen atoms in total. The first-order valence-corrected chi connectivity index (χ1v) is 11.7. The minimum atomic E-state index is -1.21. The number of hydrogen-bond acceptors (Lipinski definition) is 5. The summed E-state index contributed by atoms with van der Waals surface area (Å²) in [5.74, 6) is -0.369. The monoisotopic (exact) mass is 507 g/mol. The van der Waals surface area contributed by atoms with Crippen molar-refractivity contribution in [1.29, 1.82) is 0 Å². The van der Waals surface area contributed by atoms with Crippen molar-refractivity contribution in [2.24, 2.45) is 0 Å². The Bertz CT molecular complexity index is 983. The maximum Gasteiger partial charge on any atom is 0.414 e. The zero-order chi connectivity index (χ0) is 22.6. The zero-order valence-corrected chi connectivity index (χ0v) is 20.2. The summed E-state index contributed by atoms with van der Waals surface area (Å²) in [7, 11) is 0. The fourth-order valence-corrected chi connectivity index (χ4v) is 4.51. The van der Waals surface area contributed by atoms with Crippen molar-refractivity contribution in [1.82, 2.24) is 10.2 Å². The molecule has 31 heavy (non-hydrogen) atoms. The lowest BCUT2D eigenvalue weighted by Crippen LogP contribution is -2.53. The van der Waals surface area contributed by atoms with Gasteiger partial charge < -0.3 is 20.3 Å². The smallest absolute Gasteiger partial charge is 0.399 e. The summed E-state index contributed by atoms with van der Waals surface area (Å²) in [6.07, 6.45) is 2.52. The van der Waals surface area contributed by atoms with Gasteiger partial charge in [-0.15, -0.1) is 0 Å². The van der Waals surface area contributed by atoms with Crippen molar-refractivity contribution >= 4 is 50.9 Å².